The van der Waals surface area contributed by atoms with E-state index in [-0.39, 0.29) is 0 Å². The lowest BCUT2D eigenvalue weighted by Gasteiger charge is -2.40. The van der Waals surface area contributed by atoms with E-state index in [9.17, 15) is 0 Å². The van der Waals surface area contributed by atoms with Crippen molar-refractivity contribution in [3.63, 3.8) is 0 Å². The molecule has 57 heavy (non-hydrogen) atoms. The molecule has 0 saturated heterocycles. The van der Waals surface area contributed by atoms with Crippen LogP contribution in [-0.2, 0) is 5.41 Å². The molecule has 2 N–H and O–H groups in total. The summed E-state index contributed by atoms with van der Waals surface area (Å²) in [6, 6.07) is 70.1. The summed E-state index contributed by atoms with van der Waals surface area (Å²) < 4.78 is 6.99. The molecular formula is C53H35N3O. The van der Waals surface area contributed by atoms with Crippen LogP contribution < -0.4 is 10.5 Å². The Kier molecular flexibility index (Phi) is 7.51. The summed E-state index contributed by atoms with van der Waals surface area (Å²) in [5.74, 6) is 2.21. The Bertz CT molecular complexity index is 2910. The predicted octanol–water partition coefficient (Wildman–Crippen LogP) is 12.9. The number of hydrogen-bond acceptors (Lipinski definition) is 4. The van der Waals surface area contributed by atoms with Crippen molar-refractivity contribution in [1.82, 2.24) is 9.97 Å². The predicted molar refractivity (Wildman–Crippen MR) is 231 cm³/mol. The molecular weight excluding hydrogens is 695 g/mol. The van der Waals surface area contributed by atoms with Gasteiger partial charge in [-0.25, -0.2) is 9.97 Å². The van der Waals surface area contributed by atoms with E-state index in [0.717, 1.165) is 67.2 Å². The number of ether oxygens (including phenoxy) is 1. The van der Waals surface area contributed by atoms with Crippen LogP contribution in [0.5, 0.6) is 11.5 Å². The minimum absolute atomic E-state index is 0.597. The smallest absolute Gasteiger partial charge is 0.160 e. The highest BCUT2D eigenvalue weighted by molar-refractivity contribution is 5.91. The van der Waals surface area contributed by atoms with Crippen LogP contribution in [0.3, 0.4) is 0 Å². The molecule has 1 aliphatic heterocycles. The fraction of sp³-hybridized carbons (Fsp3) is 0.0189. The minimum Gasteiger partial charge on any atom is -0.454 e. The summed E-state index contributed by atoms with van der Waals surface area (Å²) in [5, 5.41) is 0. The Morgan fingerprint density at radius 3 is 1.42 bits per heavy atom. The Morgan fingerprint density at radius 1 is 0.351 bits per heavy atom. The Hall–Kier alpha value is -7.56. The van der Waals surface area contributed by atoms with Gasteiger partial charge in [0.05, 0.1) is 22.5 Å². The Balaban J connectivity index is 1.05. The first kappa shape index (κ1) is 32.8. The first-order valence-electron chi connectivity index (χ1n) is 19.3. The fourth-order valence-corrected chi connectivity index (χ4v) is 8.99. The quantitative estimate of drug-likeness (QED) is 0.179. The van der Waals surface area contributed by atoms with E-state index < -0.39 is 5.41 Å². The van der Waals surface area contributed by atoms with Gasteiger partial charge >= 0.3 is 0 Å². The van der Waals surface area contributed by atoms with Gasteiger partial charge in [-0.05, 0) is 63.2 Å². The van der Waals surface area contributed by atoms with Crippen LogP contribution in [0.4, 0.5) is 5.69 Å². The Labute approximate surface area is 331 Å². The molecule has 9 aromatic rings. The van der Waals surface area contributed by atoms with Crippen molar-refractivity contribution >= 4 is 5.69 Å². The zero-order chi connectivity index (χ0) is 37.9. The van der Waals surface area contributed by atoms with Crippen LogP contribution >= 0.6 is 0 Å². The fourth-order valence-electron chi connectivity index (χ4n) is 8.99. The second-order valence-electron chi connectivity index (χ2n) is 14.7. The molecule has 0 fully saturated rings. The average molecular weight is 730 g/mol. The van der Waals surface area contributed by atoms with Crippen molar-refractivity contribution in [2.75, 3.05) is 5.73 Å². The number of aromatic nitrogens is 2. The van der Waals surface area contributed by atoms with Crippen LogP contribution in [0.1, 0.15) is 22.3 Å². The summed E-state index contributed by atoms with van der Waals surface area (Å²) >= 11 is 0. The maximum atomic E-state index is 6.99. The lowest BCUT2D eigenvalue weighted by atomic mass is 9.65. The molecule has 4 nitrogen and oxygen atoms in total. The topological polar surface area (TPSA) is 61.0 Å². The molecule has 0 amide bonds. The second kappa shape index (κ2) is 13.0. The number of benzene rings is 8. The van der Waals surface area contributed by atoms with E-state index in [1.165, 1.54) is 22.3 Å². The number of rotatable bonds is 5. The molecule has 1 aromatic heterocycles. The first-order chi connectivity index (χ1) is 28.2. The van der Waals surface area contributed by atoms with E-state index in [1.807, 2.05) is 48.5 Å². The number of hydrogen-bond donors (Lipinski definition) is 1. The standard InChI is InChI=1S/C53H35N3O/c54-47-30-14-29-46-51(47)57-50-40(25-13-28-45(50)53(46)43-26-9-7-23-41(43)42-24-8-10-27-44(42)53)38-21-11-19-36(31-38)37-20-12-22-39(32-37)52-55-48(34-15-3-1-4-16-34)33-49(56-52)35-17-5-2-6-18-35/h1-33H,54H2. The molecule has 0 unspecified atom stereocenters. The SMILES string of the molecule is Nc1cccc2c1Oc1c(-c3cccc(-c4cccc(-c5nc(-c6ccccc6)cc(-c6ccccc6)n5)c4)c3)cccc1C21c2ccccc2-c2ccccc21. The lowest BCUT2D eigenvalue weighted by Crippen LogP contribution is -2.32. The van der Waals surface area contributed by atoms with Crippen molar-refractivity contribution in [3.8, 4) is 78.8 Å². The largest absolute Gasteiger partial charge is 0.454 e. The van der Waals surface area contributed by atoms with Gasteiger partial charge in [0.25, 0.3) is 0 Å². The minimum atomic E-state index is -0.597. The highest BCUT2D eigenvalue weighted by atomic mass is 16.5. The zero-order valence-corrected chi connectivity index (χ0v) is 30.9. The number of anilines is 1. The molecule has 4 heteroatoms. The van der Waals surface area contributed by atoms with Crippen molar-refractivity contribution < 1.29 is 4.74 Å². The van der Waals surface area contributed by atoms with Crippen LogP contribution in [0.2, 0.25) is 0 Å². The van der Waals surface area contributed by atoms with Crippen molar-refractivity contribution in [2.45, 2.75) is 5.41 Å². The molecule has 1 aliphatic carbocycles. The van der Waals surface area contributed by atoms with E-state index >= 15 is 0 Å². The average Bonchev–Trinajstić information content (AvgIpc) is 3.58. The van der Waals surface area contributed by atoms with Gasteiger partial charge in [-0.3, -0.25) is 0 Å². The monoisotopic (exact) mass is 729 g/mol. The number of nitrogens with zero attached hydrogens (tertiary/aromatic N) is 2. The van der Waals surface area contributed by atoms with E-state index in [1.54, 1.807) is 0 Å². The van der Waals surface area contributed by atoms with Gasteiger partial charge in [0, 0.05) is 33.4 Å². The molecule has 0 bridgehead atoms. The normalized spacial score (nSPS) is 12.9. The van der Waals surface area contributed by atoms with Gasteiger partial charge in [0.2, 0.25) is 0 Å². The van der Waals surface area contributed by atoms with E-state index in [2.05, 4.69) is 152 Å². The highest BCUT2D eigenvalue weighted by Crippen LogP contribution is 2.64. The van der Waals surface area contributed by atoms with Crippen LogP contribution in [0.15, 0.2) is 200 Å². The Morgan fingerprint density at radius 2 is 0.789 bits per heavy atom. The molecule has 1 spiro atoms. The summed E-state index contributed by atoms with van der Waals surface area (Å²) in [7, 11) is 0. The lowest BCUT2D eigenvalue weighted by molar-refractivity contribution is 0.440. The third-order valence-electron chi connectivity index (χ3n) is 11.5. The van der Waals surface area contributed by atoms with Gasteiger partial charge < -0.3 is 10.5 Å². The molecule has 2 heterocycles. The summed E-state index contributed by atoms with van der Waals surface area (Å²) in [5.41, 5.74) is 22.9. The van der Waals surface area contributed by atoms with Gasteiger partial charge in [0.1, 0.15) is 5.75 Å². The third kappa shape index (κ3) is 5.15. The molecule has 8 aromatic carbocycles. The third-order valence-corrected chi connectivity index (χ3v) is 11.5. The van der Waals surface area contributed by atoms with E-state index in [0.29, 0.717) is 17.3 Å². The van der Waals surface area contributed by atoms with Gasteiger partial charge in [-0.2, -0.15) is 0 Å². The van der Waals surface area contributed by atoms with Crippen LogP contribution in [0.25, 0.3) is 67.3 Å². The molecule has 0 radical (unpaired) electrons. The summed E-state index contributed by atoms with van der Waals surface area (Å²) in [6.07, 6.45) is 0. The van der Waals surface area contributed by atoms with E-state index in [4.69, 9.17) is 20.4 Å². The first-order valence-corrected chi connectivity index (χ1v) is 19.3. The molecule has 11 rings (SSSR count). The second-order valence-corrected chi connectivity index (χ2v) is 14.7. The maximum absolute atomic E-state index is 6.99. The van der Waals surface area contributed by atoms with Gasteiger partial charge in [-0.1, -0.05) is 176 Å². The maximum Gasteiger partial charge on any atom is 0.160 e. The molecule has 268 valence electrons. The molecule has 2 aliphatic rings. The van der Waals surface area contributed by atoms with Gasteiger partial charge in [-0.15, -0.1) is 0 Å². The molecule has 0 atom stereocenters. The van der Waals surface area contributed by atoms with Gasteiger partial charge in [0.15, 0.2) is 11.6 Å². The van der Waals surface area contributed by atoms with Crippen molar-refractivity contribution in [3.05, 3.63) is 222 Å². The van der Waals surface area contributed by atoms with Crippen molar-refractivity contribution in [2.24, 2.45) is 0 Å². The van der Waals surface area contributed by atoms with Crippen molar-refractivity contribution in [1.29, 1.82) is 0 Å². The van der Waals surface area contributed by atoms with Crippen LogP contribution in [-0.4, -0.2) is 9.97 Å². The summed E-state index contributed by atoms with van der Waals surface area (Å²) in [4.78, 5) is 10.2. The highest BCUT2D eigenvalue weighted by Gasteiger charge is 2.51. The number of para-hydroxylation sites is 2. The summed E-state index contributed by atoms with van der Waals surface area (Å²) in [6.45, 7) is 0. The van der Waals surface area contributed by atoms with Crippen LogP contribution in [0, 0.1) is 0 Å². The number of fused-ring (bicyclic) bond motifs is 9. The number of nitrogens with two attached hydrogens (primary N) is 1. The molecule has 0 saturated carbocycles. The number of nitrogen functional groups attached to an aromatic ring is 1. The zero-order valence-electron chi connectivity index (χ0n) is 30.9.